The van der Waals surface area contributed by atoms with Crippen LogP contribution in [0, 0.1) is 15.5 Å². The summed E-state index contributed by atoms with van der Waals surface area (Å²) in [4.78, 5) is 39.6. The van der Waals surface area contributed by atoms with Crippen LogP contribution in [0.1, 0.15) is 45.1 Å². The monoisotopic (exact) mass is 425 g/mol. The summed E-state index contributed by atoms with van der Waals surface area (Å²) in [5.74, 6) is -0.806. The lowest BCUT2D eigenvalue weighted by atomic mass is 9.68. The smallest absolute Gasteiger partial charge is 0.269 e. The number of ketones is 1. The van der Waals surface area contributed by atoms with E-state index in [-0.39, 0.29) is 22.8 Å². The summed E-state index contributed by atoms with van der Waals surface area (Å²) < 4.78 is 5.38. The van der Waals surface area contributed by atoms with Gasteiger partial charge in [-0.2, -0.15) is 0 Å². The van der Waals surface area contributed by atoms with E-state index >= 15 is 0 Å². The molecule has 4 rings (SSSR count). The summed E-state index contributed by atoms with van der Waals surface area (Å²) in [6, 6.07) is 6.28. The molecule has 0 aromatic heterocycles. The average Bonchev–Trinajstić information content (AvgIpc) is 2.72. The summed E-state index contributed by atoms with van der Waals surface area (Å²) >= 11 is 0. The summed E-state index contributed by atoms with van der Waals surface area (Å²) in [6.45, 7) is 7.82. The van der Waals surface area contributed by atoms with Gasteiger partial charge in [0, 0.05) is 60.1 Å². The highest BCUT2D eigenvalue weighted by atomic mass is 16.6. The van der Waals surface area contributed by atoms with Crippen molar-refractivity contribution in [1.82, 2.24) is 10.2 Å². The molecular weight excluding hydrogens is 398 g/mol. The molecule has 164 valence electrons. The molecule has 3 aliphatic rings. The van der Waals surface area contributed by atoms with Crippen LogP contribution in [0.2, 0.25) is 0 Å². The van der Waals surface area contributed by atoms with E-state index in [4.69, 9.17) is 4.74 Å². The van der Waals surface area contributed by atoms with Crippen molar-refractivity contribution < 1.29 is 19.2 Å². The zero-order valence-corrected chi connectivity index (χ0v) is 18.1. The molecule has 1 saturated heterocycles. The largest absolute Gasteiger partial charge is 0.378 e. The van der Waals surface area contributed by atoms with Crippen molar-refractivity contribution in [2.45, 2.75) is 39.5 Å². The van der Waals surface area contributed by atoms with Crippen LogP contribution in [0.5, 0.6) is 0 Å². The Labute approximate surface area is 181 Å². The van der Waals surface area contributed by atoms with Crippen molar-refractivity contribution in [2.24, 2.45) is 5.41 Å². The summed E-state index contributed by atoms with van der Waals surface area (Å²) in [7, 11) is 0. The first kappa shape index (κ1) is 21.2. The number of benzene rings is 1. The van der Waals surface area contributed by atoms with Crippen molar-refractivity contribution in [2.75, 3.05) is 26.3 Å². The number of Topliss-reactive ketones (excluding diaryl/α,β-unsaturated/α-hetero) is 1. The molecule has 2 aliphatic heterocycles. The van der Waals surface area contributed by atoms with Crippen molar-refractivity contribution >= 4 is 17.4 Å². The van der Waals surface area contributed by atoms with Crippen LogP contribution in [0.15, 0.2) is 46.8 Å². The molecule has 2 heterocycles. The zero-order valence-electron chi connectivity index (χ0n) is 18.1. The standard InChI is InChI=1S/C23H27N3O5/c1-14-19(22(28)25-7-9-31-10-8-25)20(15-5-4-6-16(11-15)26(29)30)21-17(24-14)12-23(2,3)13-18(21)27/h4-6,11,20,24H,7-10,12-13H2,1-3H3/t20-/m1/s1. The van der Waals surface area contributed by atoms with E-state index < -0.39 is 10.8 Å². The van der Waals surface area contributed by atoms with Gasteiger partial charge >= 0.3 is 0 Å². The molecule has 0 radical (unpaired) electrons. The molecule has 1 amide bonds. The molecule has 1 atom stereocenters. The lowest BCUT2D eigenvalue weighted by Gasteiger charge is -2.40. The third kappa shape index (κ3) is 3.99. The van der Waals surface area contributed by atoms with Crippen molar-refractivity contribution in [1.29, 1.82) is 0 Å². The van der Waals surface area contributed by atoms with Gasteiger partial charge in [0.2, 0.25) is 0 Å². The predicted molar refractivity (Wildman–Crippen MR) is 114 cm³/mol. The number of nitrogens with one attached hydrogen (secondary N) is 1. The van der Waals surface area contributed by atoms with E-state index in [2.05, 4.69) is 5.32 Å². The number of hydrogen-bond donors (Lipinski definition) is 1. The van der Waals surface area contributed by atoms with Gasteiger partial charge in [0.25, 0.3) is 11.6 Å². The number of carbonyl (C=O) groups excluding carboxylic acids is 2. The van der Waals surface area contributed by atoms with Crippen LogP contribution in [-0.2, 0) is 14.3 Å². The van der Waals surface area contributed by atoms with Gasteiger partial charge < -0.3 is 15.0 Å². The number of rotatable bonds is 3. The second kappa shape index (κ2) is 7.92. The van der Waals surface area contributed by atoms with Crippen molar-refractivity contribution in [3.8, 4) is 0 Å². The fourth-order valence-corrected chi connectivity index (χ4v) is 4.81. The Hall–Kier alpha value is -3.00. The normalized spacial score (nSPS) is 23.4. The molecule has 8 heteroatoms. The number of dihydropyridines is 1. The van der Waals surface area contributed by atoms with Gasteiger partial charge in [0.05, 0.1) is 18.1 Å². The highest BCUT2D eigenvalue weighted by Crippen LogP contribution is 2.47. The molecule has 0 saturated carbocycles. The van der Waals surface area contributed by atoms with Crippen LogP contribution < -0.4 is 5.32 Å². The summed E-state index contributed by atoms with van der Waals surface area (Å²) in [6.07, 6.45) is 1.05. The van der Waals surface area contributed by atoms with E-state index in [1.54, 1.807) is 17.0 Å². The van der Waals surface area contributed by atoms with Crippen LogP contribution in [-0.4, -0.2) is 47.8 Å². The van der Waals surface area contributed by atoms with Gasteiger partial charge in [0.15, 0.2) is 5.78 Å². The third-order valence-corrected chi connectivity index (χ3v) is 6.18. The van der Waals surface area contributed by atoms with Gasteiger partial charge in [-0.15, -0.1) is 0 Å². The average molecular weight is 425 g/mol. The number of nitrogens with zero attached hydrogens (tertiary/aromatic N) is 2. The van der Waals surface area contributed by atoms with Crippen LogP contribution >= 0.6 is 0 Å². The van der Waals surface area contributed by atoms with Gasteiger partial charge in [0.1, 0.15) is 0 Å². The minimum atomic E-state index is -0.630. The van der Waals surface area contributed by atoms with Gasteiger partial charge in [-0.05, 0) is 24.3 Å². The van der Waals surface area contributed by atoms with Gasteiger partial charge in [-0.25, -0.2) is 0 Å². The molecule has 1 N–H and O–H groups in total. The van der Waals surface area contributed by atoms with E-state index in [0.717, 1.165) is 5.70 Å². The molecule has 1 aliphatic carbocycles. The van der Waals surface area contributed by atoms with Crippen LogP contribution in [0.25, 0.3) is 0 Å². The predicted octanol–water partition coefficient (Wildman–Crippen LogP) is 3.06. The summed E-state index contributed by atoms with van der Waals surface area (Å²) in [5.41, 5.74) is 2.88. The molecule has 1 aromatic rings. The Morgan fingerprint density at radius 1 is 1.26 bits per heavy atom. The van der Waals surface area contributed by atoms with E-state index in [0.29, 0.717) is 61.6 Å². The number of non-ortho nitro benzene ring substituents is 1. The molecule has 31 heavy (non-hydrogen) atoms. The van der Waals surface area contributed by atoms with Crippen molar-refractivity contribution in [3.63, 3.8) is 0 Å². The Balaban J connectivity index is 1.86. The number of amides is 1. The van der Waals surface area contributed by atoms with E-state index in [1.807, 2.05) is 20.8 Å². The zero-order chi connectivity index (χ0) is 22.3. The minimum absolute atomic E-state index is 0.0185. The molecular formula is C23H27N3O5. The lowest BCUT2D eigenvalue weighted by molar-refractivity contribution is -0.384. The molecule has 0 spiro atoms. The first-order chi connectivity index (χ1) is 14.7. The topological polar surface area (TPSA) is 102 Å². The SMILES string of the molecule is CC1=C(C(=O)N2CCOCC2)[C@@H](c2cccc([N+](=O)[O-])c2)C2=C(CC(C)(C)CC2=O)N1. The van der Waals surface area contributed by atoms with Gasteiger partial charge in [-0.1, -0.05) is 26.0 Å². The molecule has 8 nitrogen and oxygen atoms in total. The Bertz CT molecular complexity index is 1020. The second-order valence-electron chi connectivity index (χ2n) is 9.19. The van der Waals surface area contributed by atoms with E-state index in [1.165, 1.54) is 12.1 Å². The number of nitro benzene ring substituents is 1. The quantitative estimate of drug-likeness (QED) is 0.590. The maximum absolute atomic E-state index is 13.6. The van der Waals surface area contributed by atoms with Crippen LogP contribution in [0.4, 0.5) is 5.69 Å². The highest BCUT2D eigenvalue weighted by molar-refractivity contribution is 6.05. The second-order valence-corrected chi connectivity index (χ2v) is 9.19. The maximum atomic E-state index is 13.6. The highest BCUT2D eigenvalue weighted by Gasteiger charge is 2.43. The first-order valence-corrected chi connectivity index (χ1v) is 10.5. The van der Waals surface area contributed by atoms with E-state index in [9.17, 15) is 19.7 Å². The fraction of sp³-hybridized carbons (Fsp3) is 0.478. The summed E-state index contributed by atoms with van der Waals surface area (Å²) in [5, 5.41) is 14.7. The Morgan fingerprint density at radius 3 is 2.65 bits per heavy atom. The number of allylic oxidation sites excluding steroid dienone is 3. The number of morpholine rings is 1. The number of carbonyl (C=O) groups is 2. The minimum Gasteiger partial charge on any atom is -0.378 e. The molecule has 1 fully saturated rings. The Morgan fingerprint density at radius 2 is 1.97 bits per heavy atom. The third-order valence-electron chi connectivity index (χ3n) is 6.18. The lowest BCUT2D eigenvalue weighted by Crippen LogP contribution is -2.45. The number of hydrogen-bond acceptors (Lipinski definition) is 6. The number of ether oxygens (including phenoxy) is 1. The van der Waals surface area contributed by atoms with Crippen LogP contribution in [0.3, 0.4) is 0 Å². The molecule has 0 unspecified atom stereocenters. The fourth-order valence-electron chi connectivity index (χ4n) is 4.81. The number of nitro groups is 1. The van der Waals surface area contributed by atoms with Gasteiger partial charge in [-0.3, -0.25) is 19.7 Å². The molecule has 0 bridgehead atoms. The maximum Gasteiger partial charge on any atom is 0.269 e. The Kier molecular flexibility index (Phi) is 5.43. The molecule has 1 aromatic carbocycles. The first-order valence-electron chi connectivity index (χ1n) is 10.5. The van der Waals surface area contributed by atoms with Crippen molar-refractivity contribution in [3.05, 3.63) is 62.5 Å².